The van der Waals surface area contributed by atoms with Crippen LogP contribution in [0, 0.1) is 7.14 Å². The lowest BCUT2D eigenvalue weighted by atomic mass is 10.2. The van der Waals surface area contributed by atoms with Gasteiger partial charge in [-0.2, -0.15) is 35.8 Å². The number of ether oxygens (including phenoxy) is 1. The Hall–Kier alpha value is -0.800. The van der Waals surface area contributed by atoms with Gasteiger partial charge in [-0.25, -0.2) is 5.43 Å². The highest BCUT2D eigenvalue weighted by atomic mass is 127. The molecule has 25 heavy (non-hydrogen) atoms. The fraction of sp³-hybridized carbons (Fsp3) is 0.308. The van der Waals surface area contributed by atoms with Gasteiger partial charge in [-0.1, -0.05) is 12.7 Å². The molecule has 0 aliphatic heterocycles. The SMILES string of the molecule is C=CCOc1c(I)cc(I)cc1/C=N\NC(F)(F)C(F)(F)C(F)(F)F. The predicted octanol–water partition coefficient (Wildman–Crippen LogP) is 5.17. The molecule has 0 spiro atoms. The highest BCUT2D eigenvalue weighted by Gasteiger charge is 2.73. The van der Waals surface area contributed by atoms with Crippen molar-refractivity contribution in [3.05, 3.63) is 37.5 Å². The number of nitrogens with one attached hydrogen (secondary N) is 1. The number of halogens is 9. The van der Waals surface area contributed by atoms with Crippen LogP contribution in [0.3, 0.4) is 0 Å². The van der Waals surface area contributed by atoms with Gasteiger partial charge in [-0.3, -0.25) is 0 Å². The Morgan fingerprint density at radius 2 is 1.72 bits per heavy atom. The summed E-state index contributed by atoms with van der Waals surface area (Å²) >= 11 is 3.78. The molecule has 0 bridgehead atoms. The zero-order chi connectivity index (χ0) is 19.5. The van der Waals surface area contributed by atoms with Crippen LogP contribution in [0.4, 0.5) is 30.7 Å². The molecule has 0 unspecified atom stereocenters. The number of alkyl halides is 7. The van der Waals surface area contributed by atoms with Crippen LogP contribution in [0.5, 0.6) is 5.75 Å². The van der Waals surface area contributed by atoms with Crippen molar-refractivity contribution in [1.82, 2.24) is 5.43 Å². The molecule has 0 radical (unpaired) electrons. The van der Waals surface area contributed by atoms with Crippen molar-refractivity contribution in [2.45, 2.75) is 18.1 Å². The molecule has 0 fully saturated rings. The highest BCUT2D eigenvalue weighted by Crippen LogP contribution is 2.45. The number of hydrazone groups is 1. The third-order valence-electron chi connectivity index (χ3n) is 2.54. The van der Waals surface area contributed by atoms with Crippen LogP contribution >= 0.6 is 45.2 Å². The Morgan fingerprint density at radius 3 is 2.24 bits per heavy atom. The van der Waals surface area contributed by atoms with Crippen LogP contribution in [-0.4, -0.2) is 31.0 Å². The van der Waals surface area contributed by atoms with Crippen LogP contribution in [0.15, 0.2) is 29.9 Å². The number of hydrogen-bond donors (Lipinski definition) is 1. The first kappa shape index (κ1) is 22.2. The smallest absolute Gasteiger partial charge is 0.462 e. The molecule has 0 aliphatic carbocycles. The molecule has 1 N–H and O–H groups in total. The van der Waals surface area contributed by atoms with E-state index < -0.39 is 18.1 Å². The standard InChI is InChI=1S/C13H9F7I2N2O/c1-2-3-25-10-7(4-8(21)5-9(10)22)6-23-24-13(19,20)11(14,15)12(16,17)18/h2,4-6,24H,1,3H2/b23-6-. The molecule has 140 valence electrons. The topological polar surface area (TPSA) is 33.6 Å². The van der Waals surface area contributed by atoms with Crippen LogP contribution in [-0.2, 0) is 0 Å². The summed E-state index contributed by atoms with van der Waals surface area (Å²) in [5.41, 5.74) is 0.670. The van der Waals surface area contributed by atoms with Gasteiger partial charge in [0.2, 0.25) is 0 Å². The number of benzene rings is 1. The van der Waals surface area contributed by atoms with Crippen molar-refractivity contribution in [3.63, 3.8) is 0 Å². The van der Waals surface area contributed by atoms with E-state index in [4.69, 9.17) is 4.74 Å². The average Bonchev–Trinajstić information content (AvgIpc) is 2.44. The van der Waals surface area contributed by atoms with E-state index in [-0.39, 0.29) is 17.9 Å². The highest BCUT2D eigenvalue weighted by molar-refractivity contribution is 14.1. The third kappa shape index (κ3) is 5.34. The van der Waals surface area contributed by atoms with Gasteiger partial charge in [0.05, 0.1) is 9.78 Å². The van der Waals surface area contributed by atoms with Gasteiger partial charge in [-0.15, -0.1) is 0 Å². The second-order valence-corrected chi connectivity index (χ2v) is 6.83. The first-order valence-electron chi connectivity index (χ1n) is 6.19. The molecule has 12 heteroatoms. The van der Waals surface area contributed by atoms with Crippen LogP contribution in [0.25, 0.3) is 0 Å². The van der Waals surface area contributed by atoms with Crippen molar-refractivity contribution in [2.24, 2.45) is 5.10 Å². The molecule has 0 saturated carbocycles. The van der Waals surface area contributed by atoms with E-state index >= 15 is 0 Å². The van der Waals surface area contributed by atoms with E-state index in [0.29, 0.717) is 18.8 Å². The summed E-state index contributed by atoms with van der Waals surface area (Å²) in [6, 6.07) is -2.53. The van der Waals surface area contributed by atoms with Crippen LogP contribution in [0.2, 0.25) is 0 Å². The molecule has 1 rings (SSSR count). The van der Waals surface area contributed by atoms with E-state index in [9.17, 15) is 30.7 Å². The summed E-state index contributed by atoms with van der Waals surface area (Å²) in [6.07, 6.45) is -4.36. The van der Waals surface area contributed by atoms with Crippen LogP contribution in [0.1, 0.15) is 5.56 Å². The summed E-state index contributed by atoms with van der Waals surface area (Å²) in [4.78, 5) is 0. The van der Waals surface area contributed by atoms with Crippen molar-refractivity contribution in [3.8, 4) is 5.75 Å². The molecule has 0 aromatic heterocycles. The molecule has 1 aromatic carbocycles. The zero-order valence-electron chi connectivity index (χ0n) is 12.0. The second-order valence-electron chi connectivity index (χ2n) is 4.42. The minimum absolute atomic E-state index is 0.0627. The molecular weight excluding hydrogens is 587 g/mol. The number of rotatable bonds is 7. The lowest BCUT2D eigenvalue weighted by Gasteiger charge is -2.27. The molecule has 0 saturated heterocycles. The van der Waals surface area contributed by atoms with Gasteiger partial charge < -0.3 is 4.74 Å². The van der Waals surface area contributed by atoms with E-state index in [1.807, 2.05) is 45.2 Å². The maximum Gasteiger partial charge on any atom is 0.462 e. The summed E-state index contributed by atoms with van der Waals surface area (Å²) in [5, 5.41) is 2.83. The summed E-state index contributed by atoms with van der Waals surface area (Å²) in [6.45, 7) is 3.50. The lowest BCUT2D eigenvalue weighted by molar-refractivity contribution is -0.361. The van der Waals surface area contributed by atoms with Crippen molar-refractivity contribution >= 4 is 51.4 Å². The van der Waals surface area contributed by atoms with Crippen molar-refractivity contribution < 1.29 is 35.5 Å². The first-order chi connectivity index (χ1) is 11.3. The fourth-order valence-corrected chi connectivity index (χ4v) is 3.45. The molecule has 0 amide bonds. The maximum absolute atomic E-state index is 13.1. The third-order valence-corrected chi connectivity index (χ3v) is 3.97. The molecular formula is C13H9F7I2N2O. The predicted molar refractivity (Wildman–Crippen MR) is 94.2 cm³/mol. The van der Waals surface area contributed by atoms with Crippen molar-refractivity contribution in [2.75, 3.05) is 6.61 Å². The van der Waals surface area contributed by atoms with Crippen molar-refractivity contribution in [1.29, 1.82) is 0 Å². The Kier molecular flexibility index (Phi) is 7.35. The van der Waals surface area contributed by atoms with E-state index in [1.54, 1.807) is 6.07 Å². The Balaban J connectivity index is 3.08. The number of nitrogens with zero attached hydrogens (tertiary/aromatic N) is 1. The van der Waals surface area contributed by atoms with E-state index in [1.165, 1.54) is 12.1 Å². The Morgan fingerprint density at radius 1 is 1.12 bits per heavy atom. The molecule has 0 aliphatic rings. The van der Waals surface area contributed by atoms with E-state index in [0.717, 1.165) is 0 Å². The van der Waals surface area contributed by atoms with Gasteiger partial charge in [-0.05, 0) is 57.3 Å². The fourth-order valence-electron chi connectivity index (χ4n) is 1.40. The molecule has 0 atom stereocenters. The second kappa shape index (κ2) is 8.26. The summed E-state index contributed by atoms with van der Waals surface area (Å²) in [5.74, 6) is -6.10. The monoisotopic (exact) mass is 596 g/mol. The number of hydrogen-bond acceptors (Lipinski definition) is 3. The van der Waals surface area contributed by atoms with Gasteiger partial charge in [0.1, 0.15) is 12.4 Å². The van der Waals surface area contributed by atoms with Gasteiger partial charge in [0.15, 0.2) is 0 Å². The average molecular weight is 596 g/mol. The Bertz CT molecular complexity index is 663. The largest absolute Gasteiger partial charge is 0.488 e. The van der Waals surface area contributed by atoms with Crippen LogP contribution < -0.4 is 10.2 Å². The quantitative estimate of drug-likeness (QED) is 0.118. The van der Waals surface area contributed by atoms with E-state index in [2.05, 4.69) is 11.7 Å². The molecule has 3 nitrogen and oxygen atoms in total. The summed E-state index contributed by atoms with van der Waals surface area (Å²) < 4.78 is 94.4. The van der Waals surface area contributed by atoms with Gasteiger partial charge >= 0.3 is 18.1 Å². The first-order valence-corrected chi connectivity index (χ1v) is 8.34. The normalized spacial score (nSPS) is 13.2. The zero-order valence-corrected chi connectivity index (χ0v) is 16.3. The summed E-state index contributed by atoms with van der Waals surface area (Å²) in [7, 11) is 0. The minimum Gasteiger partial charge on any atom is -0.488 e. The maximum atomic E-state index is 13.1. The lowest BCUT2D eigenvalue weighted by Crippen LogP contribution is -2.58. The van der Waals surface area contributed by atoms with Gasteiger partial charge in [0.25, 0.3) is 0 Å². The minimum atomic E-state index is -6.44. The Labute approximate surface area is 165 Å². The van der Waals surface area contributed by atoms with Gasteiger partial charge in [0, 0.05) is 9.13 Å². The molecule has 0 heterocycles. The molecule has 1 aromatic rings.